The molecule has 0 bridgehead atoms. The van der Waals surface area contributed by atoms with Gasteiger partial charge in [0.2, 0.25) is 0 Å². The van der Waals surface area contributed by atoms with Crippen LogP contribution < -0.4 is 5.32 Å². The number of hydrogen-bond donors (Lipinski definition) is 3. The Labute approximate surface area is 117 Å². The van der Waals surface area contributed by atoms with Crippen molar-refractivity contribution in [3.8, 4) is 0 Å². The van der Waals surface area contributed by atoms with E-state index < -0.39 is 5.60 Å². The molecule has 0 unspecified atom stereocenters. The Balaban J connectivity index is 1.69. The quantitative estimate of drug-likeness (QED) is 0.793. The van der Waals surface area contributed by atoms with Crippen LogP contribution >= 0.6 is 0 Å². The lowest BCUT2D eigenvalue weighted by Crippen LogP contribution is -2.42. The monoisotopic (exact) mass is 277 g/mol. The summed E-state index contributed by atoms with van der Waals surface area (Å²) in [5.74, 6) is -0.220. The number of nitrogens with zero attached hydrogens (tertiary/aromatic N) is 1. The van der Waals surface area contributed by atoms with Crippen LogP contribution in [0.2, 0.25) is 0 Å². The first kappa shape index (κ1) is 13.5. The minimum absolute atomic E-state index is 0.220. The Kier molecular flexibility index (Phi) is 3.50. The molecule has 1 fully saturated rings. The summed E-state index contributed by atoms with van der Waals surface area (Å²) in [6.07, 6.45) is 0.787. The summed E-state index contributed by atoms with van der Waals surface area (Å²) >= 11 is 0. The van der Waals surface area contributed by atoms with E-state index in [2.05, 4.69) is 15.2 Å². The molecule has 2 aromatic rings. The van der Waals surface area contributed by atoms with E-state index in [4.69, 9.17) is 0 Å². The van der Waals surface area contributed by atoms with Gasteiger partial charge in [-0.3, -0.25) is 4.90 Å². The van der Waals surface area contributed by atoms with E-state index in [0.29, 0.717) is 19.6 Å². The van der Waals surface area contributed by atoms with E-state index in [1.165, 1.54) is 12.1 Å². The molecule has 0 radical (unpaired) electrons. The number of fused-ring (bicyclic) bond motifs is 1. The fraction of sp³-hybridized carbons (Fsp3) is 0.467. The Morgan fingerprint density at radius 3 is 3.00 bits per heavy atom. The van der Waals surface area contributed by atoms with Gasteiger partial charge in [0.15, 0.2) is 0 Å². The molecule has 1 atom stereocenters. The van der Waals surface area contributed by atoms with Gasteiger partial charge >= 0.3 is 0 Å². The summed E-state index contributed by atoms with van der Waals surface area (Å²) in [4.78, 5) is 5.38. The van der Waals surface area contributed by atoms with Crippen molar-refractivity contribution >= 4 is 10.9 Å². The zero-order valence-corrected chi connectivity index (χ0v) is 11.6. The molecule has 1 aliphatic heterocycles. The second kappa shape index (κ2) is 5.16. The van der Waals surface area contributed by atoms with Gasteiger partial charge in [0.25, 0.3) is 0 Å². The predicted octanol–water partition coefficient (Wildman–Crippen LogP) is 1.46. The number of rotatable bonds is 4. The first-order chi connectivity index (χ1) is 9.54. The van der Waals surface area contributed by atoms with Crippen LogP contribution in [0.1, 0.15) is 12.1 Å². The second-order valence-corrected chi connectivity index (χ2v) is 5.85. The van der Waals surface area contributed by atoms with E-state index in [-0.39, 0.29) is 5.82 Å². The number of aromatic amines is 1. The zero-order chi connectivity index (χ0) is 14.2. The van der Waals surface area contributed by atoms with Gasteiger partial charge in [0.05, 0.1) is 5.60 Å². The summed E-state index contributed by atoms with van der Waals surface area (Å²) in [6, 6.07) is 6.71. The predicted molar refractivity (Wildman–Crippen MR) is 77.0 cm³/mol. The molecule has 0 aliphatic carbocycles. The Morgan fingerprint density at radius 2 is 2.25 bits per heavy atom. The normalized spacial score (nSPS) is 23.0. The lowest BCUT2D eigenvalue weighted by atomic mass is 10.0. The molecular weight excluding hydrogens is 257 g/mol. The van der Waals surface area contributed by atoms with Crippen LogP contribution in [0.15, 0.2) is 24.3 Å². The fourth-order valence-corrected chi connectivity index (χ4v) is 2.96. The molecule has 1 aromatic heterocycles. The molecular formula is C15H20FN3O. The van der Waals surface area contributed by atoms with E-state index in [9.17, 15) is 9.50 Å². The molecule has 5 heteroatoms. The van der Waals surface area contributed by atoms with Gasteiger partial charge in [0, 0.05) is 36.2 Å². The first-order valence-corrected chi connectivity index (χ1v) is 6.93. The van der Waals surface area contributed by atoms with Crippen LogP contribution in [0.5, 0.6) is 0 Å². The smallest absolute Gasteiger partial charge is 0.123 e. The highest BCUT2D eigenvalue weighted by Gasteiger charge is 2.32. The lowest BCUT2D eigenvalue weighted by Gasteiger charge is -2.27. The average Bonchev–Trinajstić information content (AvgIpc) is 2.94. The van der Waals surface area contributed by atoms with Crippen molar-refractivity contribution in [3.63, 3.8) is 0 Å². The van der Waals surface area contributed by atoms with Crippen LogP contribution in [0.25, 0.3) is 10.9 Å². The van der Waals surface area contributed by atoms with Crippen LogP contribution in [0.4, 0.5) is 4.39 Å². The van der Waals surface area contributed by atoms with Crippen LogP contribution in [0.3, 0.4) is 0 Å². The molecule has 4 nitrogen and oxygen atoms in total. The third-order valence-corrected chi connectivity index (χ3v) is 3.86. The van der Waals surface area contributed by atoms with Gasteiger partial charge in [0.1, 0.15) is 5.82 Å². The molecule has 0 amide bonds. The zero-order valence-electron chi connectivity index (χ0n) is 11.6. The Hall–Kier alpha value is -1.43. The van der Waals surface area contributed by atoms with Gasteiger partial charge < -0.3 is 15.4 Å². The van der Waals surface area contributed by atoms with Crippen LogP contribution in [-0.2, 0) is 6.54 Å². The number of aliphatic hydroxyl groups is 1. The number of aromatic nitrogens is 1. The fourth-order valence-electron chi connectivity index (χ4n) is 2.96. The molecule has 0 saturated carbocycles. The third-order valence-electron chi connectivity index (χ3n) is 3.86. The number of halogens is 1. The highest BCUT2D eigenvalue weighted by atomic mass is 19.1. The highest BCUT2D eigenvalue weighted by Crippen LogP contribution is 2.19. The molecule has 0 spiro atoms. The number of likely N-dealkylation sites (N-methyl/N-ethyl adjacent to an activating group) is 1. The van der Waals surface area contributed by atoms with Gasteiger partial charge in [-0.2, -0.15) is 0 Å². The third kappa shape index (κ3) is 2.85. The van der Waals surface area contributed by atoms with Crippen LogP contribution in [0, 0.1) is 5.82 Å². The molecule has 108 valence electrons. The summed E-state index contributed by atoms with van der Waals surface area (Å²) < 4.78 is 13.2. The molecule has 1 aromatic carbocycles. The van der Waals surface area contributed by atoms with Crippen molar-refractivity contribution in [3.05, 3.63) is 35.8 Å². The Bertz CT molecular complexity index is 604. The maximum Gasteiger partial charge on any atom is 0.123 e. The van der Waals surface area contributed by atoms with E-state index >= 15 is 0 Å². The van der Waals surface area contributed by atoms with Crippen molar-refractivity contribution < 1.29 is 9.50 Å². The van der Waals surface area contributed by atoms with Crippen molar-refractivity contribution in [1.29, 1.82) is 0 Å². The van der Waals surface area contributed by atoms with E-state index in [1.54, 1.807) is 6.07 Å². The molecule has 3 N–H and O–H groups in total. The molecule has 1 saturated heterocycles. The maximum absolute atomic E-state index is 13.2. The first-order valence-electron chi connectivity index (χ1n) is 6.93. The summed E-state index contributed by atoms with van der Waals surface area (Å²) in [5, 5.41) is 14.4. The van der Waals surface area contributed by atoms with Crippen LogP contribution in [-0.4, -0.2) is 47.3 Å². The summed E-state index contributed by atoms with van der Waals surface area (Å²) in [5.41, 5.74) is 1.34. The van der Waals surface area contributed by atoms with Crippen molar-refractivity contribution in [1.82, 2.24) is 15.2 Å². The van der Waals surface area contributed by atoms with Gasteiger partial charge in [-0.05, 0) is 44.3 Å². The van der Waals surface area contributed by atoms with Gasteiger partial charge in [-0.1, -0.05) is 0 Å². The summed E-state index contributed by atoms with van der Waals surface area (Å²) in [6.45, 7) is 2.85. The average molecular weight is 277 g/mol. The standard InChI is InChI=1S/C15H20FN3O/c1-19(10-15(20)4-5-17-9-15)8-13-7-11-6-12(16)2-3-14(11)18-13/h2-3,6-7,17-18,20H,4-5,8-10H2,1H3/t15-/m0/s1. The second-order valence-electron chi connectivity index (χ2n) is 5.85. The molecule has 1 aliphatic rings. The molecule has 2 heterocycles. The SMILES string of the molecule is CN(Cc1cc2cc(F)ccc2[nH]1)C[C@]1(O)CCNC1. The highest BCUT2D eigenvalue weighted by molar-refractivity contribution is 5.80. The largest absolute Gasteiger partial charge is 0.387 e. The van der Waals surface area contributed by atoms with E-state index in [0.717, 1.165) is 29.6 Å². The van der Waals surface area contributed by atoms with Gasteiger partial charge in [-0.25, -0.2) is 4.39 Å². The number of benzene rings is 1. The van der Waals surface area contributed by atoms with Crippen molar-refractivity contribution in [2.75, 3.05) is 26.7 Å². The molecule has 3 rings (SSSR count). The number of H-pyrrole nitrogens is 1. The minimum atomic E-state index is -0.632. The number of hydrogen-bond acceptors (Lipinski definition) is 3. The Morgan fingerprint density at radius 1 is 1.40 bits per heavy atom. The molecule has 20 heavy (non-hydrogen) atoms. The topological polar surface area (TPSA) is 51.3 Å². The van der Waals surface area contributed by atoms with Gasteiger partial charge in [-0.15, -0.1) is 0 Å². The number of β-amino-alcohol motifs (C(OH)–C–C–N with tert-alkyl or cyclic N) is 1. The number of nitrogens with one attached hydrogen (secondary N) is 2. The minimum Gasteiger partial charge on any atom is -0.387 e. The lowest BCUT2D eigenvalue weighted by molar-refractivity contribution is 0.0262. The maximum atomic E-state index is 13.2. The summed E-state index contributed by atoms with van der Waals surface area (Å²) in [7, 11) is 1.99. The van der Waals surface area contributed by atoms with Crippen molar-refractivity contribution in [2.24, 2.45) is 0 Å². The van der Waals surface area contributed by atoms with Crippen molar-refractivity contribution in [2.45, 2.75) is 18.6 Å². The van der Waals surface area contributed by atoms with E-state index in [1.807, 2.05) is 13.1 Å².